The van der Waals surface area contributed by atoms with Crippen LogP contribution in [0.5, 0.6) is 0 Å². The van der Waals surface area contributed by atoms with Crippen molar-refractivity contribution >= 4 is 16.9 Å². The molecule has 0 aliphatic carbocycles. The third kappa shape index (κ3) is 1.38. The second-order valence-corrected chi connectivity index (χ2v) is 3.49. The molecule has 0 atom stereocenters. The van der Waals surface area contributed by atoms with Crippen molar-refractivity contribution < 1.29 is 0 Å². The van der Waals surface area contributed by atoms with Crippen molar-refractivity contribution in [1.29, 1.82) is 0 Å². The Morgan fingerprint density at radius 3 is 2.81 bits per heavy atom. The lowest BCUT2D eigenvalue weighted by Crippen LogP contribution is -1.92. The Bertz CT molecular complexity index is 630. The van der Waals surface area contributed by atoms with Gasteiger partial charge >= 0.3 is 0 Å². The van der Waals surface area contributed by atoms with Crippen molar-refractivity contribution in [2.75, 3.05) is 5.73 Å². The highest BCUT2D eigenvalue weighted by Gasteiger charge is 2.02. The van der Waals surface area contributed by atoms with Gasteiger partial charge in [0.1, 0.15) is 5.82 Å². The first kappa shape index (κ1) is 8.84. The summed E-state index contributed by atoms with van der Waals surface area (Å²) < 4.78 is 0. The standard InChI is InChI=1S/C11H9N5/c12-11-6-13-10-3-7(1-2-9(10)16-11)8-4-14-15-5-8/h1-6H,(H2,12,16)(H,14,15). The molecule has 0 spiro atoms. The fraction of sp³-hybridized carbons (Fsp3) is 0. The van der Waals surface area contributed by atoms with E-state index in [9.17, 15) is 0 Å². The second kappa shape index (κ2) is 3.30. The molecule has 0 saturated heterocycles. The number of hydrogen-bond donors (Lipinski definition) is 2. The lowest BCUT2D eigenvalue weighted by Gasteiger charge is -2.00. The van der Waals surface area contributed by atoms with Gasteiger partial charge in [0.15, 0.2) is 0 Å². The van der Waals surface area contributed by atoms with Crippen LogP contribution in [0, 0.1) is 0 Å². The molecule has 0 bridgehead atoms. The average molecular weight is 211 g/mol. The number of nitrogens with zero attached hydrogens (tertiary/aromatic N) is 3. The molecule has 0 fully saturated rings. The summed E-state index contributed by atoms with van der Waals surface area (Å²) in [5.74, 6) is 0.434. The Kier molecular flexibility index (Phi) is 1.83. The lowest BCUT2D eigenvalue weighted by molar-refractivity contribution is 1.09. The van der Waals surface area contributed by atoms with Gasteiger partial charge in [-0.2, -0.15) is 5.10 Å². The fourth-order valence-corrected chi connectivity index (χ4v) is 1.61. The molecular weight excluding hydrogens is 202 g/mol. The number of nitrogens with two attached hydrogens (primary N) is 1. The summed E-state index contributed by atoms with van der Waals surface area (Å²) >= 11 is 0. The summed E-state index contributed by atoms with van der Waals surface area (Å²) in [6.45, 7) is 0. The number of hydrogen-bond acceptors (Lipinski definition) is 4. The first-order valence-corrected chi connectivity index (χ1v) is 4.84. The van der Waals surface area contributed by atoms with Crippen LogP contribution in [0.1, 0.15) is 0 Å². The quantitative estimate of drug-likeness (QED) is 0.640. The zero-order valence-corrected chi connectivity index (χ0v) is 8.38. The summed E-state index contributed by atoms with van der Waals surface area (Å²) in [6.07, 6.45) is 5.17. The van der Waals surface area contributed by atoms with Crippen LogP contribution in [0.3, 0.4) is 0 Å². The Balaban J connectivity index is 2.20. The lowest BCUT2D eigenvalue weighted by atomic mass is 10.1. The van der Waals surface area contributed by atoms with Crippen molar-refractivity contribution in [2.45, 2.75) is 0 Å². The summed E-state index contributed by atoms with van der Waals surface area (Å²) in [4.78, 5) is 8.42. The number of rotatable bonds is 1. The molecule has 0 radical (unpaired) electrons. The fourth-order valence-electron chi connectivity index (χ4n) is 1.61. The van der Waals surface area contributed by atoms with E-state index in [2.05, 4.69) is 20.2 Å². The molecule has 0 amide bonds. The van der Waals surface area contributed by atoms with E-state index in [0.29, 0.717) is 5.82 Å². The number of nitrogen functional groups attached to an aromatic ring is 1. The van der Waals surface area contributed by atoms with Crippen molar-refractivity contribution in [2.24, 2.45) is 0 Å². The Morgan fingerprint density at radius 2 is 2.00 bits per heavy atom. The van der Waals surface area contributed by atoms with E-state index in [-0.39, 0.29) is 0 Å². The predicted molar refractivity (Wildman–Crippen MR) is 61.5 cm³/mol. The van der Waals surface area contributed by atoms with Crippen LogP contribution in [-0.2, 0) is 0 Å². The third-order valence-electron chi connectivity index (χ3n) is 2.39. The van der Waals surface area contributed by atoms with Gasteiger partial charge < -0.3 is 5.73 Å². The predicted octanol–water partition coefficient (Wildman–Crippen LogP) is 1.60. The number of H-pyrrole nitrogens is 1. The van der Waals surface area contributed by atoms with E-state index in [1.165, 1.54) is 0 Å². The minimum atomic E-state index is 0.434. The average Bonchev–Trinajstić information content (AvgIpc) is 2.82. The molecule has 5 heteroatoms. The van der Waals surface area contributed by atoms with Gasteiger partial charge in [0.2, 0.25) is 0 Å². The van der Waals surface area contributed by atoms with Crippen LogP contribution in [0.2, 0.25) is 0 Å². The molecule has 2 aromatic heterocycles. The van der Waals surface area contributed by atoms with E-state index in [1.807, 2.05) is 24.4 Å². The van der Waals surface area contributed by atoms with Gasteiger partial charge in [-0.3, -0.25) is 10.1 Å². The summed E-state index contributed by atoms with van der Waals surface area (Å²) in [5.41, 5.74) is 9.28. The largest absolute Gasteiger partial charge is 0.382 e. The van der Waals surface area contributed by atoms with Crippen LogP contribution >= 0.6 is 0 Å². The molecule has 0 unspecified atom stereocenters. The summed E-state index contributed by atoms with van der Waals surface area (Å²) in [5, 5.41) is 6.69. The van der Waals surface area contributed by atoms with E-state index >= 15 is 0 Å². The molecule has 3 aromatic rings. The molecule has 3 rings (SSSR count). The van der Waals surface area contributed by atoms with E-state index in [1.54, 1.807) is 12.4 Å². The monoisotopic (exact) mass is 211 g/mol. The highest BCUT2D eigenvalue weighted by molar-refractivity contribution is 5.81. The molecule has 2 heterocycles. The Hall–Kier alpha value is -2.43. The molecule has 0 aliphatic rings. The molecule has 3 N–H and O–H groups in total. The van der Waals surface area contributed by atoms with Crippen LogP contribution in [0.25, 0.3) is 22.2 Å². The minimum absolute atomic E-state index is 0.434. The van der Waals surface area contributed by atoms with Crippen LogP contribution in [0.4, 0.5) is 5.82 Å². The normalized spacial score (nSPS) is 10.8. The second-order valence-electron chi connectivity index (χ2n) is 3.49. The maximum Gasteiger partial charge on any atom is 0.142 e. The maximum absolute atomic E-state index is 5.57. The number of aromatic amines is 1. The van der Waals surface area contributed by atoms with Crippen molar-refractivity contribution in [3.8, 4) is 11.1 Å². The third-order valence-corrected chi connectivity index (χ3v) is 2.39. The van der Waals surface area contributed by atoms with Gasteiger partial charge in [0.05, 0.1) is 23.4 Å². The highest BCUT2D eigenvalue weighted by Crippen LogP contribution is 2.21. The Labute approximate surface area is 91.3 Å². The van der Waals surface area contributed by atoms with Crippen LogP contribution in [-0.4, -0.2) is 20.2 Å². The van der Waals surface area contributed by atoms with Gasteiger partial charge in [-0.25, -0.2) is 4.98 Å². The van der Waals surface area contributed by atoms with Gasteiger partial charge in [0, 0.05) is 11.8 Å². The molecule has 78 valence electrons. The number of anilines is 1. The van der Waals surface area contributed by atoms with Crippen LogP contribution in [0.15, 0.2) is 36.8 Å². The first-order chi connectivity index (χ1) is 7.83. The zero-order chi connectivity index (χ0) is 11.0. The molecule has 0 saturated carbocycles. The molecule has 1 aromatic carbocycles. The number of aromatic nitrogens is 4. The van der Waals surface area contributed by atoms with Gasteiger partial charge in [-0.15, -0.1) is 0 Å². The number of benzene rings is 1. The van der Waals surface area contributed by atoms with Gasteiger partial charge in [-0.05, 0) is 17.7 Å². The van der Waals surface area contributed by atoms with E-state index in [4.69, 9.17) is 5.73 Å². The number of fused-ring (bicyclic) bond motifs is 1. The van der Waals surface area contributed by atoms with Crippen molar-refractivity contribution in [1.82, 2.24) is 20.2 Å². The number of nitrogens with one attached hydrogen (secondary N) is 1. The topological polar surface area (TPSA) is 80.5 Å². The van der Waals surface area contributed by atoms with Gasteiger partial charge in [0.25, 0.3) is 0 Å². The Morgan fingerprint density at radius 1 is 1.06 bits per heavy atom. The van der Waals surface area contributed by atoms with Crippen LogP contribution < -0.4 is 5.73 Å². The highest BCUT2D eigenvalue weighted by atomic mass is 15.1. The molecule has 16 heavy (non-hydrogen) atoms. The molecule has 5 nitrogen and oxygen atoms in total. The zero-order valence-electron chi connectivity index (χ0n) is 8.38. The van der Waals surface area contributed by atoms with Crippen molar-refractivity contribution in [3.63, 3.8) is 0 Å². The molecular formula is C11H9N5. The molecule has 0 aliphatic heterocycles. The van der Waals surface area contributed by atoms with Crippen molar-refractivity contribution in [3.05, 3.63) is 36.8 Å². The van der Waals surface area contributed by atoms with E-state index < -0.39 is 0 Å². The summed E-state index contributed by atoms with van der Waals surface area (Å²) in [7, 11) is 0. The van der Waals surface area contributed by atoms with Gasteiger partial charge in [-0.1, -0.05) is 6.07 Å². The first-order valence-electron chi connectivity index (χ1n) is 4.84. The smallest absolute Gasteiger partial charge is 0.142 e. The maximum atomic E-state index is 5.57. The SMILES string of the molecule is Nc1cnc2cc(-c3cn[nH]c3)ccc2n1. The summed E-state index contributed by atoms with van der Waals surface area (Å²) in [6, 6.07) is 5.84. The minimum Gasteiger partial charge on any atom is -0.382 e. The van der Waals surface area contributed by atoms with E-state index in [0.717, 1.165) is 22.2 Å².